The van der Waals surface area contributed by atoms with E-state index in [0.29, 0.717) is 18.3 Å². The van der Waals surface area contributed by atoms with Crippen molar-refractivity contribution in [3.05, 3.63) is 35.7 Å². The van der Waals surface area contributed by atoms with Gasteiger partial charge in [-0.05, 0) is 18.9 Å². The molecule has 2 N–H and O–H groups in total. The maximum Gasteiger partial charge on any atom is 0.417 e. The number of imidazole rings is 1. The summed E-state index contributed by atoms with van der Waals surface area (Å²) in [5.41, 5.74) is 5.70. The Hall–Kier alpha value is -1.98. The molecule has 0 amide bonds. The maximum absolute atomic E-state index is 13.2. The maximum atomic E-state index is 13.2. The lowest BCUT2D eigenvalue weighted by molar-refractivity contribution is -0.137. The summed E-state index contributed by atoms with van der Waals surface area (Å²) in [6, 6.07) is 5.74. The van der Waals surface area contributed by atoms with Crippen molar-refractivity contribution < 1.29 is 13.2 Å². The molecule has 112 valence electrons. The molecule has 1 aromatic carbocycles. The van der Waals surface area contributed by atoms with Gasteiger partial charge in [0, 0.05) is 18.0 Å². The molecule has 1 aliphatic carbocycles. The Kier molecular flexibility index (Phi) is 3.19. The molecule has 1 fully saturated rings. The molecular weight excluding hydrogens is 279 g/mol. The number of aryl methyl sites for hydroxylation is 1. The highest BCUT2D eigenvalue weighted by molar-refractivity contribution is 5.74. The van der Waals surface area contributed by atoms with Gasteiger partial charge in [-0.2, -0.15) is 13.2 Å². The van der Waals surface area contributed by atoms with E-state index in [1.807, 2.05) is 11.5 Å². The third kappa shape index (κ3) is 2.39. The molecule has 3 rings (SSSR count). The molecule has 2 aromatic rings. The van der Waals surface area contributed by atoms with Crippen LogP contribution in [0.3, 0.4) is 0 Å². The van der Waals surface area contributed by atoms with Crippen molar-refractivity contribution in [1.29, 1.82) is 0 Å². The molecule has 0 bridgehead atoms. The van der Waals surface area contributed by atoms with Crippen molar-refractivity contribution in [3.8, 4) is 11.3 Å². The van der Waals surface area contributed by atoms with Gasteiger partial charge >= 0.3 is 6.18 Å². The van der Waals surface area contributed by atoms with Gasteiger partial charge in [-0.15, -0.1) is 0 Å². The first kappa shape index (κ1) is 14.0. The van der Waals surface area contributed by atoms with Crippen molar-refractivity contribution in [1.82, 2.24) is 9.55 Å². The van der Waals surface area contributed by atoms with Crippen LogP contribution in [0.4, 0.5) is 19.0 Å². The van der Waals surface area contributed by atoms with Crippen LogP contribution in [-0.2, 0) is 12.6 Å². The van der Waals surface area contributed by atoms with Crippen LogP contribution in [0, 0.1) is 0 Å². The van der Waals surface area contributed by atoms with E-state index in [4.69, 9.17) is 5.73 Å². The number of nitrogen functional groups attached to an aromatic ring is 1. The minimum Gasteiger partial charge on any atom is -0.383 e. The number of alkyl halides is 3. The largest absolute Gasteiger partial charge is 0.417 e. The summed E-state index contributed by atoms with van der Waals surface area (Å²) in [4.78, 5) is 4.37. The molecule has 1 aliphatic rings. The van der Waals surface area contributed by atoms with Crippen molar-refractivity contribution in [2.75, 3.05) is 5.73 Å². The van der Waals surface area contributed by atoms with Gasteiger partial charge in [0.25, 0.3) is 0 Å². The fraction of sp³-hybridized carbons (Fsp3) is 0.400. The molecule has 0 saturated heterocycles. The van der Waals surface area contributed by atoms with E-state index in [1.54, 1.807) is 6.07 Å². The zero-order valence-corrected chi connectivity index (χ0v) is 11.6. The van der Waals surface area contributed by atoms with E-state index in [-0.39, 0.29) is 11.3 Å². The Balaban J connectivity index is 2.18. The van der Waals surface area contributed by atoms with Crippen LogP contribution in [0.15, 0.2) is 24.3 Å². The number of rotatable bonds is 3. The van der Waals surface area contributed by atoms with Gasteiger partial charge < -0.3 is 10.3 Å². The van der Waals surface area contributed by atoms with Crippen LogP contribution in [0.5, 0.6) is 0 Å². The first-order valence-corrected chi connectivity index (χ1v) is 6.96. The number of hydrogen-bond donors (Lipinski definition) is 1. The van der Waals surface area contributed by atoms with Crippen molar-refractivity contribution >= 4 is 5.82 Å². The van der Waals surface area contributed by atoms with E-state index < -0.39 is 11.7 Å². The topological polar surface area (TPSA) is 43.8 Å². The van der Waals surface area contributed by atoms with Gasteiger partial charge in [0.05, 0.1) is 5.56 Å². The number of nitrogens with two attached hydrogens (primary N) is 1. The monoisotopic (exact) mass is 295 g/mol. The fourth-order valence-corrected chi connectivity index (χ4v) is 2.62. The lowest BCUT2D eigenvalue weighted by Crippen LogP contribution is -2.08. The molecule has 0 unspecified atom stereocenters. The molecule has 1 aromatic heterocycles. The van der Waals surface area contributed by atoms with Crippen LogP contribution in [0.25, 0.3) is 11.3 Å². The third-order valence-corrected chi connectivity index (χ3v) is 3.74. The summed E-state index contributed by atoms with van der Waals surface area (Å²) in [5, 5.41) is 0. The SMILES string of the molecule is CCc1nc(-c2ccccc2C(F)(F)F)c(N)n1C1CC1. The van der Waals surface area contributed by atoms with Crippen LogP contribution in [0.1, 0.15) is 37.2 Å². The van der Waals surface area contributed by atoms with E-state index in [0.717, 1.165) is 24.7 Å². The number of hydrogen-bond acceptors (Lipinski definition) is 2. The molecule has 0 atom stereocenters. The molecule has 21 heavy (non-hydrogen) atoms. The molecule has 0 spiro atoms. The highest BCUT2D eigenvalue weighted by atomic mass is 19.4. The molecule has 1 heterocycles. The van der Waals surface area contributed by atoms with Crippen molar-refractivity contribution in [3.63, 3.8) is 0 Å². The Morgan fingerprint density at radius 2 is 1.95 bits per heavy atom. The third-order valence-electron chi connectivity index (χ3n) is 3.74. The van der Waals surface area contributed by atoms with Gasteiger partial charge in [0.1, 0.15) is 17.3 Å². The fourth-order valence-electron chi connectivity index (χ4n) is 2.62. The highest BCUT2D eigenvalue weighted by Crippen LogP contribution is 2.43. The van der Waals surface area contributed by atoms with Gasteiger partial charge in [0.15, 0.2) is 0 Å². The molecule has 0 radical (unpaired) electrons. The smallest absolute Gasteiger partial charge is 0.383 e. The standard InChI is InChI=1S/C15H16F3N3/c1-2-12-20-13(14(19)21(12)9-7-8-9)10-5-3-4-6-11(10)15(16,17)18/h3-6,9H,2,7-8,19H2,1H3. The van der Waals surface area contributed by atoms with Gasteiger partial charge in [-0.3, -0.25) is 0 Å². The molecule has 1 saturated carbocycles. The first-order chi connectivity index (χ1) is 9.93. The van der Waals surface area contributed by atoms with Gasteiger partial charge in [-0.1, -0.05) is 25.1 Å². The number of benzene rings is 1. The number of anilines is 1. The quantitative estimate of drug-likeness (QED) is 0.928. The minimum atomic E-state index is -4.42. The molecule has 0 aliphatic heterocycles. The Morgan fingerprint density at radius 3 is 2.52 bits per heavy atom. The summed E-state index contributed by atoms with van der Waals surface area (Å²) in [5.74, 6) is 1.09. The lowest BCUT2D eigenvalue weighted by Gasteiger charge is -2.12. The molecule has 6 heteroatoms. The lowest BCUT2D eigenvalue weighted by atomic mass is 10.0. The average Bonchev–Trinajstić information content (AvgIpc) is 3.21. The Morgan fingerprint density at radius 1 is 1.29 bits per heavy atom. The van der Waals surface area contributed by atoms with E-state index in [9.17, 15) is 13.2 Å². The summed E-state index contributed by atoms with van der Waals surface area (Å²) < 4.78 is 41.3. The summed E-state index contributed by atoms with van der Waals surface area (Å²) in [6.07, 6.45) is -1.75. The Labute approximate surface area is 120 Å². The second-order valence-corrected chi connectivity index (χ2v) is 5.26. The predicted octanol–water partition coefficient (Wildman–Crippen LogP) is 4.05. The van der Waals surface area contributed by atoms with E-state index in [2.05, 4.69) is 4.98 Å². The number of halogens is 3. The van der Waals surface area contributed by atoms with Crippen LogP contribution >= 0.6 is 0 Å². The minimum absolute atomic E-state index is 0.0524. The van der Waals surface area contributed by atoms with E-state index >= 15 is 0 Å². The van der Waals surface area contributed by atoms with Gasteiger partial charge in [-0.25, -0.2) is 4.98 Å². The number of aromatic nitrogens is 2. The molecule has 3 nitrogen and oxygen atoms in total. The van der Waals surface area contributed by atoms with Crippen LogP contribution in [-0.4, -0.2) is 9.55 Å². The zero-order chi connectivity index (χ0) is 15.2. The summed E-state index contributed by atoms with van der Waals surface area (Å²) in [7, 11) is 0. The van der Waals surface area contributed by atoms with E-state index in [1.165, 1.54) is 12.1 Å². The second-order valence-electron chi connectivity index (χ2n) is 5.26. The van der Waals surface area contributed by atoms with Gasteiger partial charge in [0.2, 0.25) is 0 Å². The molecular formula is C15H16F3N3. The average molecular weight is 295 g/mol. The Bertz CT molecular complexity index is 669. The first-order valence-electron chi connectivity index (χ1n) is 6.96. The number of nitrogens with zero attached hydrogens (tertiary/aromatic N) is 2. The normalized spacial score (nSPS) is 15.4. The second kappa shape index (κ2) is 4.79. The zero-order valence-electron chi connectivity index (χ0n) is 11.6. The van der Waals surface area contributed by atoms with Crippen molar-refractivity contribution in [2.45, 2.75) is 38.4 Å². The summed E-state index contributed by atoms with van der Waals surface area (Å²) in [6.45, 7) is 1.93. The van der Waals surface area contributed by atoms with Crippen LogP contribution < -0.4 is 5.73 Å². The van der Waals surface area contributed by atoms with Crippen molar-refractivity contribution in [2.24, 2.45) is 0 Å². The van der Waals surface area contributed by atoms with Crippen LogP contribution in [0.2, 0.25) is 0 Å². The highest BCUT2D eigenvalue weighted by Gasteiger charge is 2.36. The summed E-state index contributed by atoms with van der Waals surface area (Å²) >= 11 is 0. The predicted molar refractivity (Wildman–Crippen MR) is 74.7 cm³/mol.